The van der Waals surface area contributed by atoms with Crippen molar-refractivity contribution < 1.29 is 14.3 Å². The quantitative estimate of drug-likeness (QED) is 0.946. The first kappa shape index (κ1) is 15.2. The van der Waals surface area contributed by atoms with Crippen LogP contribution in [0.25, 0.3) is 0 Å². The van der Waals surface area contributed by atoms with Crippen molar-refractivity contribution in [3.63, 3.8) is 0 Å². The van der Waals surface area contributed by atoms with Crippen LogP contribution in [0.4, 0.5) is 11.4 Å². The van der Waals surface area contributed by atoms with Crippen LogP contribution in [0.1, 0.15) is 15.9 Å². The van der Waals surface area contributed by atoms with Gasteiger partial charge in [-0.2, -0.15) is 0 Å². The molecule has 0 spiro atoms. The summed E-state index contributed by atoms with van der Waals surface area (Å²) >= 11 is 0. The number of hydrogen-bond donors (Lipinski definition) is 1. The normalized spacial score (nSPS) is 12.7. The molecule has 1 amide bonds. The van der Waals surface area contributed by atoms with Crippen LogP contribution in [0.3, 0.4) is 0 Å². The van der Waals surface area contributed by atoms with E-state index in [4.69, 9.17) is 9.47 Å². The van der Waals surface area contributed by atoms with Gasteiger partial charge in [-0.25, -0.2) is 0 Å². The summed E-state index contributed by atoms with van der Waals surface area (Å²) in [7, 11) is 3.96. The predicted molar refractivity (Wildman–Crippen MR) is 90.9 cm³/mol. The number of ether oxygens (including phenoxy) is 2. The third kappa shape index (κ3) is 3.23. The second-order valence-electron chi connectivity index (χ2n) is 5.71. The SMILES string of the molecule is Cc1cc2c(cc1C(=O)Nc1ccc(N(C)C)cc1)OCCO2. The highest BCUT2D eigenvalue weighted by atomic mass is 16.6. The molecule has 0 saturated carbocycles. The molecule has 0 fully saturated rings. The third-order valence-corrected chi connectivity index (χ3v) is 3.78. The third-order valence-electron chi connectivity index (χ3n) is 3.78. The van der Waals surface area contributed by atoms with Crippen LogP contribution in [-0.4, -0.2) is 33.2 Å². The fraction of sp³-hybridized carbons (Fsp3) is 0.278. The van der Waals surface area contributed by atoms with E-state index in [0.717, 1.165) is 16.9 Å². The van der Waals surface area contributed by atoms with Crippen molar-refractivity contribution in [1.82, 2.24) is 0 Å². The van der Waals surface area contributed by atoms with Crippen LogP contribution < -0.4 is 19.7 Å². The largest absolute Gasteiger partial charge is 0.486 e. The molecule has 0 radical (unpaired) electrons. The number of nitrogens with zero attached hydrogens (tertiary/aromatic N) is 1. The highest BCUT2D eigenvalue weighted by molar-refractivity contribution is 6.05. The highest BCUT2D eigenvalue weighted by Gasteiger charge is 2.18. The summed E-state index contributed by atoms with van der Waals surface area (Å²) in [5.41, 5.74) is 3.29. The van der Waals surface area contributed by atoms with Gasteiger partial charge in [0.15, 0.2) is 11.5 Å². The maximum absolute atomic E-state index is 12.5. The summed E-state index contributed by atoms with van der Waals surface area (Å²) in [6.45, 7) is 2.93. The Hall–Kier alpha value is -2.69. The average molecular weight is 312 g/mol. The first-order chi connectivity index (χ1) is 11.0. The van der Waals surface area contributed by atoms with Gasteiger partial charge in [0, 0.05) is 31.0 Å². The lowest BCUT2D eigenvalue weighted by Gasteiger charge is -2.20. The average Bonchev–Trinajstić information content (AvgIpc) is 2.54. The van der Waals surface area contributed by atoms with Crippen molar-refractivity contribution >= 4 is 17.3 Å². The summed E-state index contributed by atoms with van der Waals surface area (Å²) in [6.07, 6.45) is 0. The second kappa shape index (κ2) is 6.20. The molecule has 120 valence electrons. The molecular weight excluding hydrogens is 292 g/mol. The van der Waals surface area contributed by atoms with E-state index in [1.165, 1.54) is 0 Å². The van der Waals surface area contributed by atoms with Gasteiger partial charge in [0.25, 0.3) is 5.91 Å². The Bertz CT molecular complexity index is 724. The van der Waals surface area contributed by atoms with Crippen LogP contribution in [0.15, 0.2) is 36.4 Å². The number of carbonyl (C=O) groups excluding carboxylic acids is 1. The van der Waals surface area contributed by atoms with Crippen molar-refractivity contribution in [3.05, 3.63) is 47.5 Å². The Labute approximate surface area is 135 Å². The van der Waals surface area contributed by atoms with Gasteiger partial charge >= 0.3 is 0 Å². The lowest BCUT2D eigenvalue weighted by molar-refractivity contribution is 0.102. The first-order valence-electron chi connectivity index (χ1n) is 7.53. The monoisotopic (exact) mass is 312 g/mol. The number of nitrogens with one attached hydrogen (secondary N) is 1. The second-order valence-corrected chi connectivity index (χ2v) is 5.71. The van der Waals surface area contributed by atoms with E-state index >= 15 is 0 Å². The van der Waals surface area contributed by atoms with Crippen molar-refractivity contribution in [2.75, 3.05) is 37.5 Å². The number of carbonyl (C=O) groups is 1. The molecule has 2 aromatic rings. The zero-order chi connectivity index (χ0) is 16.4. The molecule has 1 heterocycles. The molecule has 1 N–H and O–H groups in total. The van der Waals surface area contributed by atoms with Gasteiger partial charge < -0.3 is 19.7 Å². The van der Waals surface area contributed by atoms with Crippen LogP contribution in [-0.2, 0) is 0 Å². The molecule has 0 aliphatic carbocycles. The zero-order valence-electron chi connectivity index (χ0n) is 13.6. The van der Waals surface area contributed by atoms with E-state index in [9.17, 15) is 4.79 Å². The van der Waals surface area contributed by atoms with E-state index < -0.39 is 0 Å². The molecular formula is C18H20N2O3. The van der Waals surface area contributed by atoms with Crippen molar-refractivity contribution in [1.29, 1.82) is 0 Å². The fourth-order valence-corrected chi connectivity index (χ4v) is 2.48. The molecule has 0 saturated heterocycles. The number of aryl methyl sites for hydroxylation is 1. The minimum absolute atomic E-state index is 0.155. The Morgan fingerprint density at radius 2 is 1.65 bits per heavy atom. The fourth-order valence-electron chi connectivity index (χ4n) is 2.48. The standard InChI is InChI=1S/C18H20N2O3/c1-12-10-16-17(23-9-8-22-16)11-15(12)18(21)19-13-4-6-14(7-5-13)20(2)3/h4-7,10-11H,8-9H2,1-3H3,(H,19,21). The minimum Gasteiger partial charge on any atom is -0.486 e. The first-order valence-corrected chi connectivity index (χ1v) is 7.53. The molecule has 2 aromatic carbocycles. The summed E-state index contributed by atoms with van der Waals surface area (Å²) < 4.78 is 11.1. The van der Waals surface area contributed by atoms with Crippen LogP contribution >= 0.6 is 0 Å². The molecule has 5 heteroatoms. The Balaban J connectivity index is 1.80. The number of hydrogen-bond acceptors (Lipinski definition) is 4. The number of benzene rings is 2. The molecule has 0 aromatic heterocycles. The topological polar surface area (TPSA) is 50.8 Å². The van der Waals surface area contributed by atoms with E-state index in [-0.39, 0.29) is 5.91 Å². The molecule has 1 aliphatic rings. The molecule has 0 unspecified atom stereocenters. The minimum atomic E-state index is -0.155. The van der Waals surface area contributed by atoms with Gasteiger partial charge in [-0.3, -0.25) is 4.79 Å². The van der Waals surface area contributed by atoms with Gasteiger partial charge in [0.1, 0.15) is 13.2 Å². The summed E-state index contributed by atoms with van der Waals surface area (Å²) in [6, 6.07) is 11.3. The number of rotatable bonds is 3. The Morgan fingerprint density at radius 1 is 1.04 bits per heavy atom. The summed E-state index contributed by atoms with van der Waals surface area (Å²) in [5.74, 6) is 1.16. The van der Waals surface area contributed by atoms with Crippen LogP contribution in [0.2, 0.25) is 0 Å². The van der Waals surface area contributed by atoms with Gasteiger partial charge in [0.2, 0.25) is 0 Å². The van der Waals surface area contributed by atoms with Gasteiger partial charge in [0.05, 0.1) is 0 Å². The molecule has 5 nitrogen and oxygen atoms in total. The predicted octanol–water partition coefficient (Wildman–Crippen LogP) is 3.08. The maximum Gasteiger partial charge on any atom is 0.256 e. The highest BCUT2D eigenvalue weighted by Crippen LogP contribution is 2.33. The van der Waals surface area contributed by atoms with Crippen LogP contribution in [0, 0.1) is 6.92 Å². The Morgan fingerprint density at radius 3 is 2.26 bits per heavy atom. The van der Waals surface area contributed by atoms with Crippen molar-refractivity contribution in [2.45, 2.75) is 6.92 Å². The Kier molecular flexibility index (Phi) is 4.10. The van der Waals surface area contributed by atoms with E-state index in [2.05, 4.69) is 5.32 Å². The van der Waals surface area contributed by atoms with E-state index in [1.54, 1.807) is 6.07 Å². The number of amides is 1. The van der Waals surface area contributed by atoms with Crippen molar-refractivity contribution in [2.24, 2.45) is 0 Å². The van der Waals surface area contributed by atoms with Gasteiger partial charge in [-0.1, -0.05) is 0 Å². The van der Waals surface area contributed by atoms with Gasteiger partial charge in [-0.15, -0.1) is 0 Å². The lowest BCUT2D eigenvalue weighted by atomic mass is 10.1. The molecule has 0 atom stereocenters. The van der Waals surface area contributed by atoms with E-state index in [1.807, 2.05) is 56.3 Å². The van der Waals surface area contributed by atoms with Crippen LogP contribution in [0.5, 0.6) is 11.5 Å². The number of fused-ring (bicyclic) bond motifs is 1. The summed E-state index contributed by atoms with van der Waals surface area (Å²) in [4.78, 5) is 14.5. The number of anilines is 2. The van der Waals surface area contributed by atoms with E-state index in [0.29, 0.717) is 30.3 Å². The van der Waals surface area contributed by atoms with Gasteiger partial charge in [-0.05, 0) is 48.9 Å². The molecule has 23 heavy (non-hydrogen) atoms. The summed E-state index contributed by atoms with van der Waals surface area (Å²) in [5, 5.41) is 2.92. The molecule has 0 bridgehead atoms. The maximum atomic E-state index is 12.5. The molecule has 1 aliphatic heterocycles. The smallest absolute Gasteiger partial charge is 0.256 e. The molecule has 3 rings (SSSR count). The zero-order valence-corrected chi connectivity index (χ0v) is 13.6. The lowest BCUT2D eigenvalue weighted by Crippen LogP contribution is -2.18. The van der Waals surface area contributed by atoms with Crippen molar-refractivity contribution in [3.8, 4) is 11.5 Å².